The maximum Gasteiger partial charge on any atom is 0.333 e. The van der Waals surface area contributed by atoms with E-state index in [0.717, 1.165) is 0 Å². The van der Waals surface area contributed by atoms with E-state index in [4.69, 9.17) is 20.4 Å². The summed E-state index contributed by atoms with van der Waals surface area (Å²) in [6.07, 6.45) is -6.70. The Morgan fingerprint density at radius 3 is 0.867 bits per heavy atom. The van der Waals surface area contributed by atoms with Crippen LogP contribution in [0.5, 0.6) is 0 Å². The lowest BCUT2D eigenvalue weighted by Gasteiger charge is -2.27. The second-order valence-corrected chi connectivity index (χ2v) is 6.64. The molecule has 0 saturated heterocycles. The first kappa shape index (κ1) is 27.6. The number of aliphatic hydroxyl groups excluding tert-OH is 4. The van der Waals surface area contributed by atoms with E-state index in [9.17, 15) is 39.6 Å². The van der Waals surface area contributed by atoms with E-state index < -0.39 is 74.5 Å². The van der Waals surface area contributed by atoms with Gasteiger partial charge in [0.05, 0.1) is 0 Å². The highest BCUT2D eigenvalue weighted by Crippen LogP contribution is 2.05. The first-order valence-electron chi connectivity index (χ1n) is 8.93. The fraction of sp³-hybridized carbons (Fsp3) is 0.750. The van der Waals surface area contributed by atoms with Crippen LogP contribution in [0.1, 0.15) is 12.8 Å². The second-order valence-electron chi connectivity index (χ2n) is 6.64. The monoisotopic (exact) mass is 440 g/mol. The van der Waals surface area contributed by atoms with Gasteiger partial charge in [0.1, 0.15) is 0 Å². The number of unbranched alkanes of at least 4 members (excludes halogenated alkanes) is 1. The summed E-state index contributed by atoms with van der Waals surface area (Å²) >= 11 is 0. The van der Waals surface area contributed by atoms with Crippen molar-refractivity contribution in [2.75, 3.05) is 39.3 Å². The van der Waals surface area contributed by atoms with Gasteiger partial charge in [0.2, 0.25) is 0 Å². The van der Waals surface area contributed by atoms with Gasteiger partial charge in [-0.2, -0.15) is 0 Å². The summed E-state index contributed by atoms with van der Waals surface area (Å²) in [5.74, 6) is -6.11. The molecule has 0 heterocycles. The third kappa shape index (κ3) is 11.6. The Labute approximate surface area is 171 Å². The standard InChI is InChI=1S/C16H28N2O12/c19-9(13(23)24)5-17(6-10(20)14(25)26)3-1-2-4-18(7-11(21)15(27)28)8-12(22)16(29)30/h9-12,19-22H,1-8H2,(H,23,24)(H,25,26)(H,27,28)(H,29,30). The van der Waals surface area contributed by atoms with Crippen LogP contribution in [-0.4, -0.2) is 138 Å². The molecule has 0 aliphatic heterocycles. The molecule has 30 heavy (non-hydrogen) atoms. The molecule has 14 nitrogen and oxygen atoms in total. The first-order valence-corrected chi connectivity index (χ1v) is 8.93. The number of rotatable bonds is 17. The van der Waals surface area contributed by atoms with Crippen LogP contribution in [0.2, 0.25) is 0 Å². The van der Waals surface area contributed by atoms with Crippen LogP contribution in [0.4, 0.5) is 0 Å². The zero-order valence-electron chi connectivity index (χ0n) is 16.1. The predicted octanol–water partition coefficient (Wildman–Crippen LogP) is -3.85. The van der Waals surface area contributed by atoms with Gasteiger partial charge in [0, 0.05) is 26.2 Å². The molecule has 0 saturated carbocycles. The van der Waals surface area contributed by atoms with Crippen LogP contribution in [0.15, 0.2) is 0 Å². The summed E-state index contributed by atoms with van der Waals surface area (Å²) in [7, 11) is 0. The van der Waals surface area contributed by atoms with Gasteiger partial charge in [0.15, 0.2) is 24.4 Å². The summed E-state index contributed by atoms with van der Waals surface area (Å²) in [6.45, 7) is -1.66. The summed E-state index contributed by atoms with van der Waals surface area (Å²) in [5.41, 5.74) is 0. The van der Waals surface area contributed by atoms with Gasteiger partial charge in [-0.3, -0.25) is 9.80 Å². The van der Waals surface area contributed by atoms with Crippen molar-refractivity contribution in [2.24, 2.45) is 0 Å². The fourth-order valence-corrected chi connectivity index (χ4v) is 2.48. The summed E-state index contributed by atoms with van der Waals surface area (Å²) in [5, 5.41) is 72.9. The number of nitrogens with zero attached hydrogens (tertiary/aromatic N) is 2. The zero-order chi connectivity index (χ0) is 23.4. The molecule has 0 spiro atoms. The van der Waals surface area contributed by atoms with Crippen molar-refractivity contribution < 1.29 is 60.0 Å². The largest absolute Gasteiger partial charge is 0.479 e. The second kappa shape index (κ2) is 13.8. The molecule has 0 aromatic carbocycles. The van der Waals surface area contributed by atoms with Gasteiger partial charge >= 0.3 is 23.9 Å². The highest BCUT2D eigenvalue weighted by Gasteiger charge is 2.24. The number of carboxylic acids is 4. The van der Waals surface area contributed by atoms with Crippen molar-refractivity contribution in [1.29, 1.82) is 0 Å². The van der Waals surface area contributed by atoms with Gasteiger partial charge in [-0.05, 0) is 25.9 Å². The van der Waals surface area contributed by atoms with Gasteiger partial charge in [-0.25, -0.2) is 19.2 Å². The molecular formula is C16H28N2O12. The molecule has 0 aromatic heterocycles. The average Bonchev–Trinajstić information content (AvgIpc) is 2.63. The fourth-order valence-electron chi connectivity index (χ4n) is 2.48. The highest BCUT2D eigenvalue weighted by molar-refractivity contribution is 5.73. The Bertz CT molecular complexity index is 493. The number of aliphatic hydroxyl groups is 4. The van der Waals surface area contributed by atoms with Crippen LogP contribution in [0, 0.1) is 0 Å². The van der Waals surface area contributed by atoms with Crippen LogP contribution in [0.25, 0.3) is 0 Å². The van der Waals surface area contributed by atoms with E-state index in [1.54, 1.807) is 0 Å². The summed E-state index contributed by atoms with van der Waals surface area (Å²) in [4.78, 5) is 45.6. The average molecular weight is 440 g/mol. The van der Waals surface area contributed by atoms with E-state index in [0.29, 0.717) is 0 Å². The molecule has 0 aliphatic rings. The van der Waals surface area contributed by atoms with Crippen molar-refractivity contribution in [3.8, 4) is 0 Å². The smallest absolute Gasteiger partial charge is 0.333 e. The Kier molecular flexibility index (Phi) is 12.7. The maximum absolute atomic E-state index is 10.8. The Morgan fingerprint density at radius 1 is 0.500 bits per heavy atom. The molecule has 0 aromatic rings. The molecule has 0 fully saturated rings. The quantitative estimate of drug-likeness (QED) is 0.101. The third-order valence-electron chi connectivity index (χ3n) is 4.06. The third-order valence-corrected chi connectivity index (χ3v) is 4.06. The molecule has 8 N–H and O–H groups in total. The minimum Gasteiger partial charge on any atom is -0.479 e. The number of aliphatic carboxylic acids is 4. The Morgan fingerprint density at radius 2 is 0.700 bits per heavy atom. The number of hydrogen-bond donors (Lipinski definition) is 8. The number of carbonyl (C=O) groups is 4. The van der Waals surface area contributed by atoms with Gasteiger partial charge < -0.3 is 40.9 Å². The van der Waals surface area contributed by atoms with E-state index in [2.05, 4.69) is 0 Å². The van der Waals surface area contributed by atoms with E-state index >= 15 is 0 Å². The van der Waals surface area contributed by atoms with Crippen molar-refractivity contribution in [2.45, 2.75) is 37.3 Å². The molecule has 4 unspecified atom stereocenters. The van der Waals surface area contributed by atoms with E-state index in [1.165, 1.54) is 9.80 Å². The van der Waals surface area contributed by atoms with Crippen LogP contribution < -0.4 is 0 Å². The van der Waals surface area contributed by atoms with Crippen molar-refractivity contribution in [1.82, 2.24) is 9.80 Å². The normalized spacial score (nSPS) is 15.5. The van der Waals surface area contributed by atoms with Gasteiger partial charge in [-0.15, -0.1) is 0 Å². The Balaban J connectivity index is 4.82. The Hall–Kier alpha value is -2.36. The SMILES string of the molecule is O=C(O)C(O)CN(CCCCN(CC(O)C(=O)O)CC(O)C(=O)O)CC(O)C(=O)O. The lowest BCUT2D eigenvalue weighted by molar-refractivity contribution is -0.151. The van der Waals surface area contributed by atoms with Crippen molar-refractivity contribution >= 4 is 23.9 Å². The predicted molar refractivity (Wildman–Crippen MR) is 96.7 cm³/mol. The molecule has 0 radical (unpaired) electrons. The first-order chi connectivity index (χ1) is 13.8. The minimum atomic E-state index is -1.81. The molecule has 14 heteroatoms. The highest BCUT2D eigenvalue weighted by atomic mass is 16.4. The van der Waals surface area contributed by atoms with Crippen molar-refractivity contribution in [3.05, 3.63) is 0 Å². The molecular weight excluding hydrogens is 412 g/mol. The van der Waals surface area contributed by atoms with Crippen LogP contribution in [-0.2, 0) is 19.2 Å². The topological polar surface area (TPSA) is 237 Å². The van der Waals surface area contributed by atoms with Gasteiger partial charge in [0.25, 0.3) is 0 Å². The number of hydrogen-bond acceptors (Lipinski definition) is 10. The summed E-state index contributed by atoms with van der Waals surface area (Å²) < 4.78 is 0. The van der Waals surface area contributed by atoms with Crippen molar-refractivity contribution in [3.63, 3.8) is 0 Å². The maximum atomic E-state index is 10.8. The lowest BCUT2D eigenvalue weighted by Crippen LogP contribution is -2.44. The molecule has 0 bridgehead atoms. The molecule has 0 rings (SSSR count). The lowest BCUT2D eigenvalue weighted by atomic mass is 10.2. The summed E-state index contributed by atoms with van der Waals surface area (Å²) in [6, 6.07) is 0. The molecule has 0 aliphatic carbocycles. The van der Waals surface area contributed by atoms with Crippen LogP contribution >= 0.6 is 0 Å². The van der Waals surface area contributed by atoms with E-state index in [1.807, 2.05) is 0 Å². The molecule has 174 valence electrons. The molecule has 4 atom stereocenters. The van der Waals surface area contributed by atoms with E-state index in [-0.39, 0.29) is 25.9 Å². The molecule has 0 amide bonds. The number of carboxylic acid groups (broad SMARTS) is 4. The minimum absolute atomic E-state index is 0.0610. The van der Waals surface area contributed by atoms with Gasteiger partial charge in [-0.1, -0.05) is 0 Å². The zero-order valence-corrected chi connectivity index (χ0v) is 16.1. The van der Waals surface area contributed by atoms with Crippen LogP contribution in [0.3, 0.4) is 0 Å².